The van der Waals surface area contributed by atoms with Crippen LogP contribution in [0.1, 0.15) is 24.1 Å². The summed E-state index contributed by atoms with van der Waals surface area (Å²) >= 11 is 1.48. The van der Waals surface area contributed by atoms with Gasteiger partial charge in [-0.15, -0.1) is 0 Å². The van der Waals surface area contributed by atoms with E-state index in [0.717, 1.165) is 27.7 Å². The van der Waals surface area contributed by atoms with Crippen molar-refractivity contribution in [1.82, 2.24) is 4.98 Å². The monoisotopic (exact) mass is 400 g/mol. The number of anilines is 2. The Morgan fingerprint density at radius 1 is 1.03 bits per heavy atom. The summed E-state index contributed by atoms with van der Waals surface area (Å²) in [4.78, 5) is 21.8. The minimum atomic E-state index is -0.206. The first kappa shape index (κ1) is 19.0. The molecule has 1 amide bonds. The molecule has 6 heteroatoms. The smallest absolute Gasteiger partial charge is 0.253 e. The number of rotatable bonds is 3. The number of hydrogen-bond acceptors (Lipinski definition) is 5. The number of carbonyl (C=O) groups excluding carboxylic acids is 1. The number of nitrogens with two attached hydrogens (primary N) is 1. The number of hydrogen-bond donors (Lipinski definition) is 2. The van der Waals surface area contributed by atoms with Gasteiger partial charge in [-0.25, -0.2) is 9.98 Å². The Morgan fingerprint density at radius 3 is 2.79 bits per heavy atom. The van der Waals surface area contributed by atoms with Gasteiger partial charge in [0.15, 0.2) is 0 Å². The average Bonchev–Trinajstić information content (AvgIpc) is 3.10. The van der Waals surface area contributed by atoms with Gasteiger partial charge in [0.1, 0.15) is 10.1 Å². The standard InChI is InChI=1S/C23H20N4OS/c24-18-9-4-5-11-20(18)27-23(28)17-8-6-12-21(25-15-17)29-22-14-13-16-7-2-1-3-10-19(16)26-22/h2-7,9-15H,1,8,24H2,(H,27,28). The fourth-order valence-electron chi connectivity index (χ4n) is 2.91. The number of aromatic nitrogens is 1. The molecular weight excluding hydrogens is 380 g/mol. The molecule has 0 fully saturated rings. The molecule has 0 atom stereocenters. The maximum atomic E-state index is 12.6. The van der Waals surface area contributed by atoms with Gasteiger partial charge in [-0.2, -0.15) is 0 Å². The third-order valence-electron chi connectivity index (χ3n) is 4.43. The average molecular weight is 401 g/mol. The molecule has 2 aromatic rings. The van der Waals surface area contributed by atoms with E-state index in [1.807, 2.05) is 36.4 Å². The first-order valence-electron chi connectivity index (χ1n) is 9.30. The number of aliphatic imine (C=N–C) groups is 1. The molecule has 5 nitrogen and oxygen atoms in total. The van der Waals surface area contributed by atoms with Crippen molar-refractivity contribution in [1.29, 1.82) is 0 Å². The summed E-state index contributed by atoms with van der Waals surface area (Å²) in [5, 5.41) is 4.49. The van der Waals surface area contributed by atoms with Crippen LogP contribution >= 0.6 is 11.8 Å². The van der Waals surface area contributed by atoms with Gasteiger partial charge in [0.25, 0.3) is 5.91 Å². The molecule has 0 radical (unpaired) electrons. The van der Waals surface area contributed by atoms with E-state index < -0.39 is 0 Å². The summed E-state index contributed by atoms with van der Waals surface area (Å²) in [5.41, 5.74) is 9.67. The molecule has 1 aromatic carbocycles. The number of nitrogens with one attached hydrogen (secondary N) is 1. The number of fused-ring (bicyclic) bond motifs is 1. The molecule has 2 aliphatic rings. The molecular formula is C23H20N4OS. The summed E-state index contributed by atoms with van der Waals surface area (Å²) in [6, 6.07) is 11.2. The predicted molar refractivity (Wildman–Crippen MR) is 122 cm³/mol. The fraction of sp³-hybridized carbons (Fsp3) is 0.0870. The van der Waals surface area contributed by atoms with Crippen LogP contribution in [-0.2, 0) is 4.79 Å². The summed E-state index contributed by atoms with van der Waals surface area (Å²) in [6.45, 7) is 0. The van der Waals surface area contributed by atoms with Gasteiger partial charge in [0.2, 0.25) is 0 Å². The number of amides is 1. The van der Waals surface area contributed by atoms with Crippen molar-refractivity contribution in [2.75, 3.05) is 11.1 Å². The lowest BCUT2D eigenvalue weighted by Crippen LogP contribution is -2.15. The zero-order chi connectivity index (χ0) is 20.1. The Balaban J connectivity index is 1.49. The molecule has 29 heavy (non-hydrogen) atoms. The molecule has 144 valence electrons. The molecule has 3 N–H and O–H groups in total. The number of nitrogen functional groups attached to an aromatic ring is 1. The van der Waals surface area contributed by atoms with Gasteiger partial charge in [-0.1, -0.05) is 54.3 Å². The van der Waals surface area contributed by atoms with Crippen LogP contribution in [0.25, 0.3) is 12.2 Å². The molecule has 4 rings (SSSR count). The highest BCUT2D eigenvalue weighted by Gasteiger charge is 2.13. The minimum Gasteiger partial charge on any atom is -0.397 e. The van der Waals surface area contributed by atoms with E-state index in [-0.39, 0.29) is 5.91 Å². The number of nitrogens with zero attached hydrogens (tertiary/aromatic N) is 2. The van der Waals surface area contributed by atoms with Crippen molar-refractivity contribution < 1.29 is 4.79 Å². The molecule has 0 unspecified atom stereocenters. The molecule has 0 bridgehead atoms. The Labute approximate surface area is 173 Å². The van der Waals surface area contributed by atoms with Gasteiger partial charge >= 0.3 is 0 Å². The van der Waals surface area contributed by atoms with Crippen LogP contribution in [0, 0.1) is 0 Å². The Morgan fingerprint density at radius 2 is 1.90 bits per heavy atom. The van der Waals surface area contributed by atoms with Gasteiger partial charge in [0.05, 0.1) is 17.1 Å². The van der Waals surface area contributed by atoms with E-state index in [2.05, 4.69) is 34.6 Å². The van der Waals surface area contributed by atoms with Gasteiger partial charge in [0, 0.05) is 11.8 Å². The minimum absolute atomic E-state index is 0.206. The maximum absolute atomic E-state index is 12.6. The number of carbonyl (C=O) groups is 1. The molecule has 0 saturated carbocycles. The highest BCUT2D eigenvalue weighted by molar-refractivity contribution is 8.14. The van der Waals surface area contributed by atoms with E-state index >= 15 is 0 Å². The third kappa shape index (κ3) is 4.73. The second-order valence-electron chi connectivity index (χ2n) is 6.54. The first-order chi connectivity index (χ1) is 14.2. The summed E-state index contributed by atoms with van der Waals surface area (Å²) in [7, 11) is 0. The Hall–Kier alpha value is -3.38. The maximum Gasteiger partial charge on any atom is 0.253 e. The van der Waals surface area contributed by atoms with Crippen molar-refractivity contribution in [3.05, 3.63) is 83.7 Å². The topological polar surface area (TPSA) is 80.4 Å². The largest absolute Gasteiger partial charge is 0.397 e. The SMILES string of the molecule is Nc1ccccc1NC(=O)C1=CN=C(Sc2ccc3c(n2)C=CCC=C3)C=CC1. The van der Waals surface area contributed by atoms with Crippen molar-refractivity contribution >= 4 is 46.2 Å². The Bertz CT molecular complexity index is 1100. The highest BCUT2D eigenvalue weighted by atomic mass is 32.2. The van der Waals surface area contributed by atoms with E-state index in [9.17, 15) is 4.79 Å². The normalized spacial score (nSPS) is 15.0. The number of benzene rings is 1. The van der Waals surface area contributed by atoms with Crippen LogP contribution in [-0.4, -0.2) is 15.9 Å². The van der Waals surface area contributed by atoms with E-state index in [1.165, 1.54) is 11.8 Å². The van der Waals surface area contributed by atoms with Crippen molar-refractivity contribution in [3.63, 3.8) is 0 Å². The zero-order valence-corrected chi connectivity index (χ0v) is 16.5. The zero-order valence-electron chi connectivity index (χ0n) is 15.7. The molecule has 1 aliphatic carbocycles. The highest BCUT2D eigenvalue weighted by Crippen LogP contribution is 2.25. The summed E-state index contributed by atoms with van der Waals surface area (Å²) < 4.78 is 0. The van der Waals surface area contributed by atoms with Crippen LogP contribution in [0.3, 0.4) is 0 Å². The quantitative estimate of drug-likeness (QED) is 0.705. The second kappa shape index (κ2) is 8.75. The third-order valence-corrected chi connectivity index (χ3v) is 5.32. The Kier molecular flexibility index (Phi) is 5.72. The van der Waals surface area contributed by atoms with Crippen LogP contribution in [0.2, 0.25) is 0 Å². The number of allylic oxidation sites excluding steroid dienone is 3. The fourth-order valence-corrected chi connectivity index (χ4v) is 3.67. The second-order valence-corrected chi connectivity index (χ2v) is 7.58. The lowest BCUT2D eigenvalue weighted by molar-refractivity contribution is -0.112. The van der Waals surface area contributed by atoms with E-state index in [4.69, 9.17) is 10.7 Å². The van der Waals surface area contributed by atoms with Crippen LogP contribution in [0.4, 0.5) is 11.4 Å². The first-order valence-corrected chi connectivity index (χ1v) is 10.1. The molecule has 1 aliphatic heterocycles. The summed E-state index contributed by atoms with van der Waals surface area (Å²) in [5.74, 6) is -0.206. The van der Waals surface area contributed by atoms with Crippen LogP contribution in [0.15, 0.2) is 82.5 Å². The van der Waals surface area contributed by atoms with Gasteiger partial charge in [-0.05, 0) is 48.8 Å². The molecule has 0 saturated heterocycles. The van der Waals surface area contributed by atoms with Crippen molar-refractivity contribution in [2.45, 2.75) is 17.9 Å². The molecule has 1 aromatic heterocycles. The van der Waals surface area contributed by atoms with E-state index in [0.29, 0.717) is 23.4 Å². The lowest BCUT2D eigenvalue weighted by Gasteiger charge is -2.08. The van der Waals surface area contributed by atoms with Crippen LogP contribution in [0.5, 0.6) is 0 Å². The van der Waals surface area contributed by atoms with Crippen molar-refractivity contribution in [3.8, 4) is 0 Å². The molecule has 0 spiro atoms. The number of para-hydroxylation sites is 2. The van der Waals surface area contributed by atoms with Crippen LogP contribution < -0.4 is 11.1 Å². The van der Waals surface area contributed by atoms with Gasteiger partial charge < -0.3 is 11.1 Å². The molecule has 2 heterocycles. The lowest BCUT2D eigenvalue weighted by atomic mass is 10.1. The van der Waals surface area contributed by atoms with E-state index in [1.54, 1.807) is 18.3 Å². The van der Waals surface area contributed by atoms with Crippen molar-refractivity contribution in [2.24, 2.45) is 4.99 Å². The number of pyridine rings is 1. The number of thioether (sulfide) groups is 1. The summed E-state index contributed by atoms with van der Waals surface area (Å²) in [6.07, 6.45) is 15.2. The predicted octanol–water partition coefficient (Wildman–Crippen LogP) is 5.07. The van der Waals surface area contributed by atoms with Gasteiger partial charge in [-0.3, -0.25) is 4.79 Å².